The highest BCUT2D eigenvalue weighted by Crippen LogP contribution is 2.35. The van der Waals surface area contributed by atoms with E-state index < -0.39 is 0 Å². The summed E-state index contributed by atoms with van der Waals surface area (Å²) in [5, 5.41) is 6.49. The van der Waals surface area contributed by atoms with Crippen molar-refractivity contribution in [2.75, 3.05) is 11.9 Å². The van der Waals surface area contributed by atoms with E-state index in [4.69, 9.17) is 4.98 Å². The van der Waals surface area contributed by atoms with Gasteiger partial charge in [-0.2, -0.15) is 0 Å². The summed E-state index contributed by atoms with van der Waals surface area (Å²) in [4.78, 5) is 25.9. The maximum Gasteiger partial charge on any atom is 0.270 e. The highest BCUT2D eigenvalue weighted by Gasteiger charge is 2.28. The van der Waals surface area contributed by atoms with Crippen LogP contribution in [-0.2, 0) is 12.8 Å². The molecule has 0 saturated carbocycles. The van der Waals surface area contributed by atoms with Gasteiger partial charge in [-0.3, -0.25) is 9.78 Å². The first kappa shape index (κ1) is 15.9. The number of benzene rings is 1. The fourth-order valence-corrected chi connectivity index (χ4v) is 3.91. The van der Waals surface area contributed by atoms with Crippen LogP contribution < -0.4 is 10.6 Å². The third-order valence-corrected chi connectivity index (χ3v) is 5.25. The molecule has 1 aliphatic heterocycles. The van der Waals surface area contributed by atoms with Crippen LogP contribution in [-0.4, -0.2) is 27.4 Å². The summed E-state index contributed by atoms with van der Waals surface area (Å²) in [6, 6.07) is 12.5. The quantitative estimate of drug-likeness (QED) is 0.753. The zero-order valence-corrected chi connectivity index (χ0v) is 14.8. The fraction of sp³-hybridized carbons (Fsp3) is 0.238. The topological polar surface area (TPSA) is 79.8 Å². The van der Waals surface area contributed by atoms with Crippen molar-refractivity contribution in [2.45, 2.75) is 25.3 Å². The van der Waals surface area contributed by atoms with Gasteiger partial charge in [-0.25, -0.2) is 9.97 Å². The number of amides is 1. The summed E-state index contributed by atoms with van der Waals surface area (Å²) >= 11 is 0. The number of aromatic nitrogens is 3. The molecule has 0 bridgehead atoms. The number of nitrogens with zero attached hydrogens (tertiary/aromatic N) is 3. The van der Waals surface area contributed by atoms with Crippen LogP contribution in [0.2, 0.25) is 0 Å². The average molecular weight is 357 g/mol. The molecule has 1 unspecified atom stereocenters. The molecule has 3 heterocycles. The van der Waals surface area contributed by atoms with Crippen molar-refractivity contribution < 1.29 is 4.79 Å². The van der Waals surface area contributed by atoms with Gasteiger partial charge in [-0.1, -0.05) is 24.3 Å². The molecule has 6 heteroatoms. The van der Waals surface area contributed by atoms with Gasteiger partial charge in [0, 0.05) is 30.1 Å². The number of carbonyl (C=O) groups is 1. The minimum atomic E-state index is -0.140. The molecule has 1 aliphatic carbocycles. The summed E-state index contributed by atoms with van der Waals surface area (Å²) < 4.78 is 0. The summed E-state index contributed by atoms with van der Waals surface area (Å²) in [5.41, 5.74) is 4.85. The Balaban J connectivity index is 1.59. The second kappa shape index (κ2) is 6.46. The van der Waals surface area contributed by atoms with E-state index in [0.717, 1.165) is 36.2 Å². The molecule has 2 N–H and O–H groups in total. The molecule has 0 radical (unpaired) electrons. The molecule has 1 aromatic carbocycles. The number of aryl methyl sites for hydroxylation is 1. The highest BCUT2D eigenvalue weighted by molar-refractivity contribution is 5.96. The van der Waals surface area contributed by atoms with E-state index in [1.54, 1.807) is 12.4 Å². The molecular formula is C21H19N5O. The van der Waals surface area contributed by atoms with E-state index in [1.165, 1.54) is 11.1 Å². The first-order valence-electron chi connectivity index (χ1n) is 9.23. The molecule has 6 nitrogen and oxygen atoms in total. The van der Waals surface area contributed by atoms with Crippen molar-refractivity contribution in [3.8, 4) is 11.4 Å². The van der Waals surface area contributed by atoms with Crippen LogP contribution in [0.15, 0.2) is 48.8 Å². The van der Waals surface area contributed by atoms with Gasteiger partial charge in [-0.05, 0) is 42.5 Å². The van der Waals surface area contributed by atoms with Crippen molar-refractivity contribution in [3.05, 3.63) is 71.2 Å². The number of hydrogen-bond donors (Lipinski definition) is 2. The summed E-state index contributed by atoms with van der Waals surface area (Å²) in [5.74, 6) is 1.14. The lowest BCUT2D eigenvalue weighted by Crippen LogP contribution is -2.34. The van der Waals surface area contributed by atoms with Crippen molar-refractivity contribution >= 4 is 11.7 Å². The monoisotopic (exact) mass is 357 g/mol. The van der Waals surface area contributed by atoms with E-state index >= 15 is 0 Å². The number of carbonyl (C=O) groups excluding carboxylic acids is 1. The SMILES string of the molecule is O=C1NCCc2c(NC3CCc4ccccc43)nc(-c3cccnc3)nc21. The zero-order valence-electron chi connectivity index (χ0n) is 14.8. The van der Waals surface area contributed by atoms with Gasteiger partial charge in [-0.15, -0.1) is 0 Å². The Morgan fingerprint density at radius 2 is 2.00 bits per heavy atom. The van der Waals surface area contributed by atoms with Crippen molar-refractivity contribution in [2.24, 2.45) is 0 Å². The first-order chi connectivity index (χ1) is 13.3. The van der Waals surface area contributed by atoms with Gasteiger partial charge in [0.25, 0.3) is 5.91 Å². The molecule has 1 atom stereocenters. The van der Waals surface area contributed by atoms with E-state index in [1.807, 2.05) is 12.1 Å². The predicted octanol–water partition coefficient (Wildman–Crippen LogP) is 2.92. The molecule has 5 rings (SSSR count). The summed E-state index contributed by atoms with van der Waals surface area (Å²) in [6.45, 7) is 0.608. The van der Waals surface area contributed by atoms with Gasteiger partial charge >= 0.3 is 0 Å². The minimum absolute atomic E-state index is 0.140. The van der Waals surface area contributed by atoms with Gasteiger partial charge in [0.2, 0.25) is 0 Å². The lowest BCUT2D eigenvalue weighted by atomic mass is 10.0. The van der Waals surface area contributed by atoms with Gasteiger partial charge in [0.15, 0.2) is 5.82 Å². The molecular weight excluding hydrogens is 338 g/mol. The molecule has 1 amide bonds. The van der Waals surface area contributed by atoms with Crippen LogP contribution in [0.25, 0.3) is 11.4 Å². The summed E-state index contributed by atoms with van der Waals surface area (Å²) in [6.07, 6.45) is 6.23. The van der Waals surface area contributed by atoms with E-state index in [2.05, 4.69) is 44.9 Å². The van der Waals surface area contributed by atoms with E-state index in [0.29, 0.717) is 18.1 Å². The minimum Gasteiger partial charge on any atom is -0.363 e. The van der Waals surface area contributed by atoms with Crippen LogP contribution in [0.1, 0.15) is 39.6 Å². The van der Waals surface area contributed by atoms with Crippen LogP contribution in [0.4, 0.5) is 5.82 Å². The number of pyridine rings is 1. The molecule has 134 valence electrons. The molecule has 0 spiro atoms. The predicted molar refractivity (Wildman–Crippen MR) is 102 cm³/mol. The highest BCUT2D eigenvalue weighted by atomic mass is 16.1. The lowest BCUT2D eigenvalue weighted by molar-refractivity contribution is 0.0940. The molecule has 0 fully saturated rings. The van der Waals surface area contributed by atoms with E-state index in [-0.39, 0.29) is 11.9 Å². The second-order valence-electron chi connectivity index (χ2n) is 6.90. The third kappa shape index (κ3) is 2.83. The largest absolute Gasteiger partial charge is 0.363 e. The number of anilines is 1. The van der Waals surface area contributed by atoms with Crippen molar-refractivity contribution in [3.63, 3.8) is 0 Å². The maximum atomic E-state index is 12.4. The Hall–Kier alpha value is -3.28. The van der Waals surface area contributed by atoms with Gasteiger partial charge < -0.3 is 10.6 Å². The van der Waals surface area contributed by atoms with Crippen molar-refractivity contribution in [1.29, 1.82) is 0 Å². The van der Waals surface area contributed by atoms with Crippen LogP contribution in [0, 0.1) is 0 Å². The number of nitrogens with one attached hydrogen (secondary N) is 2. The standard InChI is InChI=1S/C21H19N5O/c27-21-18-16(9-11-23-21)20(26-19(25-18)14-5-3-10-22-12-14)24-17-8-7-13-4-1-2-6-15(13)17/h1-6,10,12,17H,7-9,11H2,(H,23,27)(H,24,25,26). The first-order valence-corrected chi connectivity index (χ1v) is 9.23. The molecule has 3 aromatic rings. The molecule has 0 saturated heterocycles. The van der Waals surface area contributed by atoms with Gasteiger partial charge in [0.05, 0.1) is 6.04 Å². The number of rotatable bonds is 3. The Morgan fingerprint density at radius 1 is 1.07 bits per heavy atom. The Bertz CT molecular complexity index is 1020. The normalized spacial score (nSPS) is 17.8. The van der Waals surface area contributed by atoms with Crippen LogP contribution >= 0.6 is 0 Å². The Morgan fingerprint density at radius 3 is 2.89 bits per heavy atom. The van der Waals surface area contributed by atoms with Crippen LogP contribution in [0.5, 0.6) is 0 Å². The number of fused-ring (bicyclic) bond motifs is 2. The van der Waals surface area contributed by atoms with Crippen LogP contribution in [0.3, 0.4) is 0 Å². The average Bonchev–Trinajstić information content (AvgIpc) is 3.12. The molecule has 2 aliphatic rings. The molecule has 27 heavy (non-hydrogen) atoms. The Kier molecular flexibility index (Phi) is 3.81. The smallest absolute Gasteiger partial charge is 0.270 e. The second-order valence-corrected chi connectivity index (χ2v) is 6.90. The lowest BCUT2D eigenvalue weighted by Gasteiger charge is -2.22. The number of hydrogen-bond acceptors (Lipinski definition) is 5. The van der Waals surface area contributed by atoms with E-state index in [9.17, 15) is 4.79 Å². The zero-order chi connectivity index (χ0) is 18.2. The fourth-order valence-electron chi connectivity index (χ4n) is 3.91. The summed E-state index contributed by atoms with van der Waals surface area (Å²) in [7, 11) is 0. The maximum absolute atomic E-state index is 12.4. The molecule has 2 aromatic heterocycles. The Labute approximate surface area is 157 Å². The van der Waals surface area contributed by atoms with Crippen molar-refractivity contribution in [1.82, 2.24) is 20.3 Å². The van der Waals surface area contributed by atoms with Gasteiger partial charge in [0.1, 0.15) is 11.5 Å². The third-order valence-electron chi connectivity index (χ3n) is 5.25.